The van der Waals surface area contributed by atoms with Crippen LogP contribution in [-0.2, 0) is 9.84 Å². The molecule has 0 aromatic carbocycles. The quantitative estimate of drug-likeness (QED) is 0.601. The predicted octanol–water partition coefficient (Wildman–Crippen LogP) is -0.225. The number of rotatable bonds is 0. The molecule has 2 heterocycles. The Morgan fingerprint density at radius 3 is 2.38 bits per heavy atom. The van der Waals surface area contributed by atoms with Crippen molar-refractivity contribution in [1.29, 1.82) is 0 Å². The van der Waals surface area contributed by atoms with Crippen LogP contribution in [0.5, 0.6) is 0 Å². The molecule has 1 spiro atoms. The lowest BCUT2D eigenvalue weighted by atomic mass is 10.0. The Hall–Kier alpha value is -0.130. The summed E-state index contributed by atoms with van der Waals surface area (Å²) in [7, 11) is -2.79. The monoisotopic (exact) mass is 246 g/mol. The van der Waals surface area contributed by atoms with Crippen LogP contribution < -0.4 is 0 Å². The van der Waals surface area contributed by atoms with Crippen LogP contribution in [0, 0.1) is 5.92 Å². The van der Waals surface area contributed by atoms with E-state index in [1.807, 2.05) is 0 Å². The summed E-state index contributed by atoms with van der Waals surface area (Å²) in [4.78, 5) is 0. The van der Waals surface area contributed by atoms with Crippen molar-refractivity contribution in [3.05, 3.63) is 0 Å². The predicted molar refractivity (Wildman–Crippen MR) is 60.7 cm³/mol. The molecule has 5 heteroatoms. The Labute approximate surface area is 96.8 Å². The van der Waals surface area contributed by atoms with Crippen LogP contribution in [0.2, 0.25) is 0 Å². The summed E-state index contributed by atoms with van der Waals surface area (Å²) >= 11 is 0. The number of aliphatic hydroxyl groups is 1. The molecule has 3 aliphatic rings. The van der Waals surface area contributed by atoms with Crippen molar-refractivity contribution in [3.8, 4) is 0 Å². The van der Waals surface area contributed by atoms with Gasteiger partial charge in [-0.3, -0.25) is 0 Å². The van der Waals surface area contributed by atoms with Gasteiger partial charge in [0.2, 0.25) is 0 Å². The zero-order valence-electron chi connectivity index (χ0n) is 9.51. The second-order valence-corrected chi connectivity index (χ2v) is 8.03. The van der Waals surface area contributed by atoms with E-state index in [1.165, 1.54) is 6.42 Å². The highest BCUT2D eigenvalue weighted by Gasteiger charge is 2.56. The summed E-state index contributed by atoms with van der Waals surface area (Å²) < 4.78 is 23.9. The summed E-state index contributed by atoms with van der Waals surface area (Å²) in [6.45, 7) is 2.56. The molecule has 2 saturated heterocycles. The molecule has 0 radical (unpaired) electrons. The summed E-state index contributed by atoms with van der Waals surface area (Å²) in [6, 6.07) is 0.343. The number of aliphatic hydroxyl groups excluding tert-OH is 1. The van der Waals surface area contributed by atoms with Gasteiger partial charge in [0.25, 0.3) is 0 Å². The SMILES string of the molecule is O=S1(=O)CC[N+]2(CC[C@@H]3CC[C@@H](O)[C@@H]32)CC1. The third-order valence-corrected chi connectivity index (χ3v) is 6.59. The van der Waals surface area contributed by atoms with Crippen molar-refractivity contribution < 1.29 is 18.0 Å². The zero-order chi connectivity index (χ0) is 11.4. The molecular formula is C11H20NO3S+. The van der Waals surface area contributed by atoms with Crippen LogP contribution in [0.1, 0.15) is 19.3 Å². The fourth-order valence-corrected chi connectivity index (χ4v) is 5.60. The fourth-order valence-electron chi connectivity index (χ4n) is 4.12. The lowest BCUT2D eigenvalue weighted by Crippen LogP contribution is -2.62. The number of fused-ring (bicyclic) bond motifs is 2. The zero-order valence-corrected chi connectivity index (χ0v) is 10.3. The van der Waals surface area contributed by atoms with E-state index in [4.69, 9.17) is 0 Å². The van der Waals surface area contributed by atoms with Crippen LogP contribution in [0.15, 0.2) is 0 Å². The maximum atomic E-state index is 11.5. The van der Waals surface area contributed by atoms with Gasteiger partial charge in [-0.05, 0) is 12.8 Å². The first-order chi connectivity index (χ1) is 7.53. The van der Waals surface area contributed by atoms with Gasteiger partial charge >= 0.3 is 0 Å². The molecule has 16 heavy (non-hydrogen) atoms. The van der Waals surface area contributed by atoms with E-state index >= 15 is 0 Å². The molecule has 0 aromatic rings. The normalized spacial score (nSPS) is 44.7. The second kappa shape index (κ2) is 3.43. The van der Waals surface area contributed by atoms with Gasteiger partial charge in [0.15, 0.2) is 9.84 Å². The van der Waals surface area contributed by atoms with Gasteiger partial charge in [0, 0.05) is 12.3 Å². The third kappa shape index (κ3) is 1.52. The average molecular weight is 246 g/mol. The van der Waals surface area contributed by atoms with Crippen molar-refractivity contribution in [2.24, 2.45) is 5.92 Å². The number of nitrogens with zero attached hydrogens (tertiary/aromatic N) is 1. The third-order valence-electron chi connectivity index (χ3n) is 4.98. The smallest absolute Gasteiger partial charge is 0.161 e. The van der Waals surface area contributed by atoms with Gasteiger partial charge in [-0.15, -0.1) is 0 Å². The van der Waals surface area contributed by atoms with E-state index < -0.39 is 9.84 Å². The van der Waals surface area contributed by atoms with E-state index in [-0.39, 0.29) is 6.10 Å². The highest BCUT2D eigenvalue weighted by atomic mass is 32.2. The molecule has 0 unspecified atom stereocenters. The Morgan fingerprint density at radius 1 is 1.00 bits per heavy atom. The molecule has 92 valence electrons. The van der Waals surface area contributed by atoms with Crippen LogP contribution >= 0.6 is 0 Å². The summed E-state index contributed by atoms with van der Waals surface area (Å²) in [6.07, 6.45) is 3.05. The van der Waals surface area contributed by atoms with Crippen molar-refractivity contribution in [2.75, 3.05) is 31.1 Å². The molecule has 1 aliphatic carbocycles. The molecule has 0 amide bonds. The molecule has 4 nitrogen and oxygen atoms in total. The Kier molecular flexibility index (Phi) is 2.36. The molecule has 1 N–H and O–H groups in total. The van der Waals surface area contributed by atoms with Gasteiger partial charge < -0.3 is 9.59 Å². The largest absolute Gasteiger partial charge is 0.387 e. The minimum atomic E-state index is -2.79. The van der Waals surface area contributed by atoms with Gasteiger partial charge in [-0.1, -0.05) is 0 Å². The molecule has 0 bridgehead atoms. The fraction of sp³-hybridized carbons (Fsp3) is 1.00. The number of sulfone groups is 1. The van der Waals surface area contributed by atoms with Gasteiger partial charge in [0.1, 0.15) is 12.1 Å². The lowest BCUT2D eigenvalue weighted by molar-refractivity contribution is -0.940. The Balaban J connectivity index is 1.84. The number of quaternary nitrogens is 1. The van der Waals surface area contributed by atoms with Crippen molar-refractivity contribution in [2.45, 2.75) is 31.4 Å². The first-order valence-corrected chi connectivity index (χ1v) is 8.09. The van der Waals surface area contributed by atoms with Crippen molar-refractivity contribution in [3.63, 3.8) is 0 Å². The second-order valence-electron chi connectivity index (χ2n) is 5.73. The standard InChI is InChI=1S/C11H20NO3S/c13-10-2-1-9-3-4-12(11(9)10)5-7-16(14,15)8-6-12/h9-11,13H,1-8H2/q+1/t9-,10+,11+/m0/s1. The first kappa shape index (κ1) is 11.0. The van der Waals surface area contributed by atoms with E-state index in [1.54, 1.807) is 0 Å². The van der Waals surface area contributed by atoms with E-state index in [9.17, 15) is 13.5 Å². The van der Waals surface area contributed by atoms with E-state index in [2.05, 4.69) is 0 Å². The van der Waals surface area contributed by atoms with E-state index in [0.29, 0.717) is 23.5 Å². The Morgan fingerprint density at radius 2 is 1.69 bits per heavy atom. The molecule has 2 aliphatic heterocycles. The summed E-state index contributed by atoms with van der Waals surface area (Å²) in [5, 5.41) is 10.1. The molecule has 3 rings (SSSR count). The van der Waals surface area contributed by atoms with Crippen molar-refractivity contribution in [1.82, 2.24) is 0 Å². The summed E-state index contributed by atoms with van der Waals surface area (Å²) in [5.41, 5.74) is 0. The van der Waals surface area contributed by atoms with Crippen molar-refractivity contribution >= 4 is 9.84 Å². The minimum Gasteiger partial charge on any atom is -0.387 e. The molecule has 3 atom stereocenters. The maximum absolute atomic E-state index is 11.5. The minimum absolute atomic E-state index is 0.187. The Bertz CT molecular complexity index is 378. The topological polar surface area (TPSA) is 54.4 Å². The van der Waals surface area contributed by atoms with Crippen LogP contribution in [-0.4, -0.2) is 61.3 Å². The number of hydrogen-bond donors (Lipinski definition) is 1. The lowest BCUT2D eigenvalue weighted by Gasteiger charge is -2.43. The number of hydrogen-bond acceptors (Lipinski definition) is 3. The molecule has 0 aromatic heterocycles. The molecule has 3 fully saturated rings. The van der Waals surface area contributed by atoms with Crippen LogP contribution in [0.4, 0.5) is 0 Å². The van der Waals surface area contributed by atoms with Crippen LogP contribution in [0.3, 0.4) is 0 Å². The van der Waals surface area contributed by atoms with E-state index in [0.717, 1.165) is 37.0 Å². The highest BCUT2D eigenvalue weighted by Crippen LogP contribution is 2.43. The molecule has 1 saturated carbocycles. The first-order valence-electron chi connectivity index (χ1n) is 6.27. The molecular weight excluding hydrogens is 226 g/mol. The average Bonchev–Trinajstić information content (AvgIpc) is 2.76. The van der Waals surface area contributed by atoms with Crippen LogP contribution in [0.25, 0.3) is 0 Å². The highest BCUT2D eigenvalue weighted by molar-refractivity contribution is 7.91. The summed E-state index contributed by atoms with van der Waals surface area (Å²) in [5.74, 6) is 1.29. The van der Waals surface area contributed by atoms with Gasteiger partial charge in [0.05, 0.1) is 31.1 Å². The van der Waals surface area contributed by atoms with Gasteiger partial charge in [-0.25, -0.2) is 8.42 Å². The maximum Gasteiger partial charge on any atom is 0.161 e. The van der Waals surface area contributed by atoms with Gasteiger partial charge in [-0.2, -0.15) is 0 Å².